The quantitative estimate of drug-likeness (QED) is 0.821. The Morgan fingerprint density at radius 1 is 1.23 bits per heavy atom. The van der Waals surface area contributed by atoms with Crippen LogP contribution in [0.1, 0.15) is 32.3 Å². The fourth-order valence-electron chi connectivity index (χ4n) is 2.46. The summed E-state index contributed by atoms with van der Waals surface area (Å²) in [7, 11) is 1.81. The summed E-state index contributed by atoms with van der Waals surface area (Å²) in [6.45, 7) is 3.80. The van der Waals surface area contributed by atoms with Crippen LogP contribution in [-0.4, -0.2) is 35.8 Å². The number of rotatable bonds is 6. The minimum absolute atomic E-state index is 0.0409. The van der Waals surface area contributed by atoms with E-state index < -0.39 is 6.04 Å². The number of carbonyl (C=O) groups is 2. The first kappa shape index (κ1) is 16.3. The minimum Gasteiger partial charge on any atom is -0.341 e. The Morgan fingerprint density at radius 3 is 2.45 bits per heavy atom. The van der Waals surface area contributed by atoms with Crippen molar-refractivity contribution in [1.29, 1.82) is 0 Å². The number of hydrogen-bond acceptors (Lipinski definition) is 2. The Balaban J connectivity index is 1.85. The number of carbonyl (C=O) groups excluding carboxylic acids is 2. The largest absolute Gasteiger partial charge is 0.341 e. The molecule has 0 saturated heterocycles. The molecule has 1 fully saturated rings. The van der Waals surface area contributed by atoms with Crippen LogP contribution in [0.25, 0.3) is 6.08 Å². The topological polar surface area (TPSA) is 49.4 Å². The Morgan fingerprint density at radius 2 is 1.86 bits per heavy atom. The zero-order valence-electron chi connectivity index (χ0n) is 13.5. The van der Waals surface area contributed by atoms with Gasteiger partial charge in [0.05, 0.1) is 0 Å². The molecule has 1 N–H and O–H groups in total. The summed E-state index contributed by atoms with van der Waals surface area (Å²) in [5.74, 6) is 0.327. The van der Waals surface area contributed by atoms with Gasteiger partial charge in [0.1, 0.15) is 6.04 Å². The van der Waals surface area contributed by atoms with Gasteiger partial charge in [-0.25, -0.2) is 0 Å². The smallest absolute Gasteiger partial charge is 0.244 e. The molecule has 2 amide bonds. The van der Waals surface area contributed by atoms with E-state index in [1.54, 1.807) is 17.9 Å². The predicted octanol–water partition coefficient (Wildman–Crippen LogP) is 2.46. The molecule has 0 bridgehead atoms. The van der Waals surface area contributed by atoms with Crippen molar-refractivity contribution in [2.45, 2.75) is 38.8 Å². The van der Waals surface area contributed by atoms with Gasteiger partial charge in [-0.3, -0.25) is 9.59 Å². The number of likely N-dealkylation sites (N-methyl/N-ethyl adjacent to an activating group) is 1. The maximum Gasteiger partial charge on any atom is 0.244 e. The molecule has 0 aromatic heterocycles. The second-order valence-electron chi connectivity index (χ2n) is 6.00. The highest BCUT2D eigenvalue weighted by molar-refractivity contribution is 5.95. The lowest BCUT2D eigenvalue weighted by atomic mass is 10.1. The monoisotopic (exact) mass is 300 g/mol. The fraction of sp³-hybridized carbons (Fsp3) is 0.444. The molecule has 2 rings (SSSR count). The number of nitrogens with zero attached hydrogens (tertiary/aromatic N) is 1. The van der Waals surface area contributed by atoms with Gasteiger partial charge in [0.2, 0.25) is 11.8 Å². The summed E-state index contributed by atoms with van der Waals surface area (Å²) in [4.78, 5) is 26.0. The molecule has 0 radical (unpaired) electrons. The molecule has 1 aliphatic rings. The summed E-state index contributed by atoms with van der Waals surface area (Å²) in [6.07, 6.45) is 5.59. The molecular formula is C18H24N2O2. The van der Waals surface area contributed by atoms with E-state index in [-0.39, 0.29) is 17.9 Å². The normalized spacial score (nSPS) is 17.0. The van der Waals surface area contributed by atoms with E-state index in [0.29, 0.717) is 5.92 Å². The first-order valence-electron chi connectivity index (χ1n) is 7.79. The van der Waals surface area contributed by atoms with Gasteiger partial charge in [0, 0.05) is 19.2 Å². The fourth-order valence-corrected chi connectivity index (χ4v) is 2.46. The van der Waals surface area contributed by atoms with Crippen molar-refractivity contribution in [2.24, 2.45) is 5.92 Å². The zero-order chi connectivity index (χ0) is 16.1. The van der Waals surface area contributed by atoms with Crippen LogP contribution in [0, 0.1) is 5.92 Å². The molecule has 4 nitrogen and oxygen atoms in total. The van der Waals surface area contributed by atoms with Gasteiger partial charge in [-0.2, -0.15) is 0 Å². The molecule has 22 heavy (non-hydrogen) atoms. The van der Waals surface area contributed by atoms with Gasteiger partial charge in [0.25, 0.3) is 0 Å². The van der Waals surface area contributed by atoms with Crippen LogP contribution in [-0.2, 0) is 9.59 Å². The van der Waals surface area contributed by atoms with E-state index in [1.165, 1.54) is 18.9 Å². The molecule has 0 unspecified atom stereocenters. The van der Waals surface area contributed by atoms with Crippen molar-refractivity contribution >= 4 is 17.9 Å². The predicted molar refractivity (Wildman–Crippen MR) is 88.0 cm³/mol. The number of nitrogens with one attached hydrogen (secondary N) is 1. The Labute approximate surface area is 132 Å². The molecule has 1 aromatic carbocycles. The average Bonchev–Trinajstić information content (AvgIpc) is 3.36. The van der Waals surface area contributed by atoms with Crippen molar-refractivity contribution in [1.82, 2.24) is 10.2 Å². The lowest BCUT2D eigenvalue weighted by Crippen LogP contribution is -2.48. The molecule has 1 aliphatic carbocycles. The molecule has 2 atom stereocenters. The third-order valence-corrected chi connectivity index (χ3v) is 4.22. The van der Waals surface area contributed by atoms with Crippen LogP contribution in [0.4, 0.5) is 0 Å². The third kappa shape index (κ3) is 4.45. The maximum atomic E-state index is 12.3. The van der Waals surface area contributed by atoms with Gasteiger partial charge < -0.3 is 10.2 Å². The highest BCUT2D eigenvalue weighted by Crippen LogP contribution is 2.34. The van der Waals surface area contributed by atoms with Crippen molar-refractivity contribution < 1.29 is 9.59 Å². The van der Waals surface area contributed by atoms with Crippen molar-refractivity contribution in [3.63, 3.8) is 0 Å². The van der Waals surface area contributed by atoms with E-state index in [2.05, 4.69) is 12.2 Å². The molecule has 0 aliphatic heterocycles. The summed E-state index contributed by atoms with van der Waals surface area (Å²) < 4.78 is 0. The van der Waals surface area contributed by atoms with Crippen LogP contribution in [0.5, 0.6) is 0 Å². The second-order valence-corrected chi connectivity index (χ2v) is 6.00. The summed E-state index contributed by atoms with van der Waals surface area (Å²) in [5, 5.41) is 2.73. The number of hydrogen-bond donors (Lipinski definition) is 1. The summed E-state index contributed by atoms with van der Waals surface area (Å²) >= 11 is 0. The minimum atomic E-state index is -0.515. The molecule has 118 valence electrons. The Bertz CT molecular complexity index is 549. The van der Waals surface area contributed by atoms with Gasteiger partial charge in [-0.05, 0) is 44.2 Å². The van der Waals surface area contributed by atoms with Crippen molar-refractivity contribution in [3.05, 3.63) is 42.0 Å². The van der Waals surface area contributed by atoms with Crippen LogP contribution in [0.2, 0.25) is 0 Å². The summed E-state index contributed by atoms with van der Waals surface area (Å²) in [6, 6.07) is 9.32. The number of benzene rings is 1. The lowest BCUT2D eigenvalue weighted by molar-refractivity contribution is -0.135. The summed E-state index contributed by atoms with van der Waals surface area (Å²) in [5.41, 5.74) is 0.955. The van der Waals surface area contributed by atoms with Gasteiger partial charge >= 0.3 is 0 Å². The van der Waals surface area contributed by atoms with E-state index in [0.717, 1.165) is 5.56 Å². The van der Waals surface area contributed by atoms with E-state index in [1.807, 2.05) is 37.4 Å². The molecule has 4 heteroatoms. The Hall–Kier alpha value is -2.10. The van der Waals surface area contributed by atoms with Crippen LogP contribution in [0.15, 0.2) is 36.4 Å². The standard InChI is InChI=1S/C18H24N2O2/c1-13(18(22)20(3)14(2)16-10-11-16)19-17(21)12-9-15-7-5-4-6-8-15/h4-9,12-14,16H,10-11H2,1-3H3,(H,19,21)/b12-9-/t13-,14+/m0/s1. The molecule has 1 aromatic rings. The maximum absolute atomic E-state index is 12.3. The number of amides is 2. The van der Waals surface area contributed by atoms with Crippen LogP contribution in [0.3, 0.4) is 0 Å². The Kier molecular flexibility index (Phi) is 5.36. The van der Waals surface area contributed by atoms with E-state index >= 15 is 0 Å². The highest BCUT2D eigenvalue weighted by Gasteiger charge is 2.33. The van der Waals surface area contributed by atoms with Gasteiger partial charge in [0.15, 0.2) is 0 Å². The van der Waals surface area contributed by atoms with Gasteiger partial charge in [-0.1, -0.05) is 30.3 Å². The molecular weight excluding hydrogens is 276 g/mol. The molecule has 1 saturated carbocycles. The molecule has 0 spiro atoms. The van der Waals surface area contributed by atoms with Crippen molar-refractivity contribution in [2.75, 3.05) is 7.05 Å². The lowest BCUT2D eigenvalue weighted by Gasteiger charge is -2.27. The van der Waals surface area contributed by atoms with Crippen molar-refractivity contribution in [3.8, 4) is 0 Å². The zero-order valence-corrected chi connectivity index (χ0v) is 13.5. The van der Waals surface area contributed by atoms with Crippen LogP contribution < -0.4 is 5.32 Å². The van der Waals surface area contributed by atoms with E-state index in [9.17, 15) is 9.59 Å². The SMILES string of the molecule is C[C@H](NC(=O)/C=C\c1ccccc1)C(=O)N(C)[C@H](C)C1CC1. The average molecular weight is 300 g/mol. The highest BCUT2D eigenvalue weighted by atomic mass is 16.2. The van der Waals surface area contributed by atoms with E-state index in [4.69, 9.17) is 0 Å². The third-order valence-electron chi connectivity index (χ3n) is 4.22. The second kappa shape index (κ2) is 7.25. The molecule has 0 heterocycles. The first-order chi connectivity index (χ1) is 10.5. The van der Waals surface area contributed by atoms with Gasteiger partial charge in [-0.15, -0.1) is 0 Å². The first-order valence-corrected chi connectivity index (χ1v) is 7.79. The van der Waals surface area contributed by atoms with Crippen LogP contribution >= 0.6 is 0 Å².